The molecule has 1 fully saturated rings. The highest BCUT2D eigenvalue weighted by molar-refractivity contribution is 6.31. The maximum absolute atomic E-state index is 13.4. The Kier molecular flexibility index (Phi) is 6.19. The number of carbonyl (C=O) groups is 1. The summed E-state index contributed by atoms with van der Waals surface area (Å²) < 4.78 is 40.1. The molecule has 0 amide bonds. The molecular weight excluding hydrogens is 425 g/mol. The fraction of sp³-hybridized carbons (Fsp3) is 0.333. The third kappa shape index (κ3) is 4.85. The number of hydrogen-bond acceptors (Lipinski definition) is 3. The average molecular weight is 447 g/mol. The van der Waals surface area contributed by atoms with Crippen molar-refractivity contribution in [3.8, 4) is 0 Å². The summed E-state index contributed by atoms with van der Waals surface area (Å²) >= 11 is 6.08. The number of nitrogens with zero attached hydrogens (tertiary/aromatic N) is 1. The number of rotatable bonds is 5. The van der Waals surface area contributed by atoms with Crippen LogP contribution in [-0.2, 0) is 11.0 Å². The van der Waals surface area contributed by atoms with E-state index < -0.39 is 11.9 Å². The van der Waals surface area contributed by atoms with Crippen LogP contribution in [0.1, 0.15) is 36.4 Å². The number of aldehydes is 1. The second-order valence-electron chi connectivity index (χ2n) is 8.08. The van der Waals surface area contributed by atoms with Crippen LogP contribution in [-0.4, -0.2) is 17.8 Å². The third-order valence-electron chi connectivity index (χ3n) is 6.10. The molecule has 7 heteroatoms. The molecule has 0 bridgehead atoms. The molecule has 0 saturated heterocycles. The lowest BCUT2D eigenvalue weighted by Crippen LogP contribution is -2.30. The first-order chi connectivity index (χ1) is 14.8. The molecule has 1 N–H and O–H groups in total. The molecule has 1 aliphatic rings. The minimum atomic E-state index is -4.56. The first kappa shape index (κ1) is 21.6. The highest BCUT2D eigenvalue weighted by Crippen LogP contribution is 2.40. The van der Waals surface area contributed by atoms with Crippen molar-refractivity contribution in [3.63, 3.8) is 0 Å². The number of pyridine rings is 1. The monoisotopic (exact) mass is 446 g/mol. The van der Waals surface area contributed by atoms with E-state index in [9.17, 15) is 18.0 Å². The number of benzene rings is 2. The fourth-order valence-corrected chi connectivity index (χ4v) is 4.63. The van der Waals surface area contributed by atoms with Crippen molar-refractivity contribution < 1.29 is 18.0 Å². The molecule has 3 nitrogen and oxygen atoms in total. The number of alkyl halides is 3. The topological polar surface area (TPSA) is 42.0 Å². The summed E-state index contributed by atoms with van der Waals surface area (Å²) in [5, 5.41) is 4.12. The van der Waals surface area contributed by atoms with E-state index in [0.717, 1.165) is 31.6 Å². The molecule has 1 heterocycles. The fourth-order valence-electron chi connectivity index (χ4n) is 4.46. The summed E-state index contributed by atoms with van der Waals surface area (Å²) in [6, 6.07) is 15.8. The molecule has 4 rings (SSSR count). The van der Waals surface area contributed by atoms with Crippen LogP contribution in [0.15, 0.2) is 54.6 Å². The van der Waals surface area contributed by atoms with Gasteiger partial charge in [0.2, 0.25) is 0 Å². The van der Waals surface area contributed by atoms with E-state index in [1.165, 1.54) is 17.7 Å². The van der Waals surface area contributed by atoms with Crippen LogP contribution < -0.4 is 5.32 Å². The lowest BCUT2D eigenvalue weighted by Gasteiger charge is -2.34. The van der Waals surface area contributed by atoms with Crippen LogP contribution in [0.4, 0.5) is 18.9 Å². The summed E-state index contributed by atoms with van der Waals surface area (Å²) in [6.45, 7) is 0.398. The molecular formula is C24H22ClF3N2O. The van der Waals surface area contributed by atoms with Gasteiger partial charge in [0.05, 0.1) is 5.52 Å². The second kappa shape index (κ2) is 8.87. The minimum absolute atomic E-state index is 0.0215. The molecule has 1 saturated carbocycles. The van der Waals surface area contributed by atoms with Gasteiger partial charge in [-0.1, -0.05) is 41.9 Å². The Labute approximate surface area is 183 Å². The molecule has 0 radical (unpaired) electrons. The molecule has 31 heavy (non-hydrogen) atoms. The standard InChI is InChI=1S/C24H22ClF3N2O/c25-19-8-9-21-20(11-19)22(12-23(30-21)24(26,27)28)29-13-18-10-16(6-7-17(18)14-31)15-4-2-1-3-5-15/h1-5,8-9,11-12,14,16-18H,6-7,10,13H2,(H,29,30). The van der Waals surface area contributed by atoms with E-state index in [2.05, 4.69) is 22.4 Å². The smallest absolute Gasteiger partial charge is 0.384 e. The van der Waals surface area contributed by atoms with E-state index in [4.69, 9.17) is 11.6 Å². The molecule has 1 aliphatic carbocycles. The molecule has 0 aliphatic heterocycles. The van der Waals surface area contributed by atoms with Gasteiger partial charge in [0.1, 0.15) is 12.0 Å². The Balaban J connectivity index is 1.60. The average Bonchev–Trinajstić information content (AvgIpc) is 2.77. The summed E-state index contributed by atoms with van der Waals surface area (Å²) in [6.07, 6.45) is -1.08. The lowest BCUT2D eigenvalue weighted by atomic mass is 9.72. The highest BCUT2D eigenvalue weighted by Gasteiger charge is 2.34. The maximum atomic E-state index is 13.4. The Morgan fingerprint density at radius 3 is 2.58 bits per heavy atom. The van der Waals surface area contributed by atoms with Gasteiger partial charge in [-0.3, -0.25) is 0 Å². The van der Waals surface area contributed by atoms with E-state index in [0.29, 0.717) is 28.6 Å². The van der Waals surface area contributed by atoms with Gasteiger partial charge in [0.25, 0.3) is 0 Å². The normalized spacial score (nSPS) is 21.7. The van der Waals surface area contributed by atoms with Gasteiger partial charge in [-0.15, -0.1) is 0 Å². The predicted molar refractivity (Wildman–Crippen MR) is 116 cm³/mol. The Morgan fingerprint density at radius 1 is 1.10 bits per heavy atom. The van der Waals surface area contributed by atoms with Crippen molar-refractivity contribution in [1.82, 2.24) is 4.98 Å². The number of carbonyl (C=O) groups excluding carboxylic acids is 1. The summed E-state index contributed by atoms with van der Waals surface area (Å²) in [7, 11) is 0. The van der Waals surface area contributed by atoms with Crippen LogP contribution in [0.3, 0.4) is 0 Å². The molecule has 2 aromatic carbocycles. The molecule has 0 spiro atoms. The summed E-state index contributed by atoms with van der Waals surface area (Å²) in [5.74, 6) is 0.234. The summed E-state index contributed by atoms with van der Waals surface area (Å²) in [5.41, 5.74) is 0.825. The van der Waals surface area contributed by atoms with Crippen LogP contribution in [0, 0.1) is 11.8 Å². The van der Waals surface area contributed by atoms with Crippen molar-refractivity contribution >= 4 is 34.5 Å². The number of aromatic nitrogens is 1. The van der Waals surface area contributed by atoms with E-state index >= 15 is 0 Å². The Bertz CT molecular complexity index is 1070. The third-order valence-corrected chi connectivity index (χ3v) is 6.34. The van der Waals surface area contributed by atoms with Crippen LogP contribution in [0.5, 0.6) is 0 Å². The molecule has 3 unspecified atom stereocenters. The van der Waals surface area contributed by atoms with Crippen molar-refractivity contribution in [2.45, 2.75) is 31.4 Å². The van der Waals surface area contributed by atoms with E-state index in [-0.39, 0.29) is 17.4 Å². The van der Waals surface area contributed by atoms with Crippen LogP contribution in [0.2, 0.25) is 5.02 Å². The number of nitrogens with one attached hydrogen (secondary N) is 1. The minimum Gasteiger partial charge on any atom is -0.384 e. The van der Waals surface area contributed by atoms with Gasteiger partial charge in [-0.2, -0.15) is 13.2 Å². The maximum Gasteiger partial charge on any atom is 0.433 e. The second-order valence-corrected chi connectivity index (χ2v) is 8.51. The van der Waals surface area contributed by atoms with Gasteiger partial charge in [-0.05, 0) is 60.9 Å². The SMILES string of the molecule is O=CC1CCC(c2ccccc2)CC1CNc1cc(C(F)(F)F)nc2ccc(Cl)cc12. The zero-order valence-electron chi connectivity index (χ0n) is 16.7. The first-order valence-electron chi connectivity index (χ1n) is 10.3. The molecule has 3 atom stereocenters. The van der Waals surface area contributed by atoms with E-state index in [1.807, 2.05) is 18.2 Å². The van der Waals surface area contributed by atoms with Gasteiger partial charge in [-0.25, -0.2) is 4.98 Å². The molecule has 1 aromatic heterocycles. The van der Waals surface area contributed by atoms with Crippen molar-refractivity contribution in [2.24, 2.45) is 11.8 Å². The molecule has 162 valence electrons. The number of hydrogen-bond donors (Lipinski definition) is 1. The van der Waals surface area contributed by atoms with Crippen LogP contribution >= 0.6 is 11.6 Å². The van der Waals surface area contributed by atoms with Gasteiger partial charge < -0.3 is 10.1 Å². The Morgan fingerprint density at radius 2 is 1.87 bits per heavy atom. The Hall–Kier alpha value is -2.60. The van der Waals surface area contributed by atoms with E-state index in [1.54, 1.807) is 6.07 Å². The van der Waals surface area contributed by atoms with Gasteiger partial charge in [0.15, 0.2) is 0 Å². The zero-order chi connectivity index (χ0) is 22.0. The number of anilines is 1. The van der Waals surface area contributed by atoms with Gasteiger partial charge in [0, 0.05) is 28.6 Å². The quantitative estimate of drug-likeness (QED) is 0.442. The first-order valence-corrected chi connectivity index (χ1v) is 10.6. The summed E-state index contributed by atoms with van der Waals surface area (Å²) in [4.78, 5) is 15.4. The predicted octanol–water partition coefficient (Wildman–Crippen LogP) is 6.72. The van der Waals surface area contributed by atoms with Crippen LogP contribution in [0.25, 0.3) is 10.9 Å². The number of halogens is 4. The highest BCUT2D eigenvalue weighted by atomic mass is 35.5. The van der Waals surface area contributed by atoms with Crippen molar-refractivity contribution in [1.29, 1.82) is 0 Å². The largest absolute Gasteiger partial charge is 0.433 e. The zero-order valence-corrected chi connectivity index (χ0v) is 17.5. The number of fused-ring (bicyclic) bond motifs is 1. The molecule has 3 aromatic rings. The lowest BCUT2D eigenvalue weighted by molar-refractivity contribution is -0.140. The van der Waals surface area contributed by atoms with Gasteiger partial charge >= 0.3 is 6.18 Å². The van der Waals surface area contributed by atoms with Crippen molar-refractivity contribution in [2.75, 3.05) is 11.9 Å². The van der Waals surface area contributed by atoms with Crippen molar-refractivity contribution in [3.05, 3.63) is 70.9 Å².